The molecule has 1 aliphatic rings. The van der Waals surface area contributed by atoms with Crippen LogP contribution in [-0.4, -0.2) is 30.5 Å². The second-order valence-corrected chi connectivity index (χ2v) is 6.06. The van der Waals surface area contributed by atoms with Crippen molar-refractivity contribution < 1.29 is 13.9 Å². The molecule has 1 unspecified atom stereocenters. The first-order valence-corrected chi connectivity index (χ1v) is 7.85. The minimum atomic E-state index is -0.487. The summed E-state index contributed by atoms with van der Waals surface area (Å²) >= 11 is 3.40. The highest BCUT2D eigenvalue weighted by atomic mass is 79.9. The average Bonchev–Trinajstić information content (AvgIpc) is 2.55. The van der Waals surface area contributed by atoms with Gasteiger partial charge in [-0.3, -0.25) is 4.79 Å². The summed E-state index contributed by atoms with van der Waals surface area (Å²) in [6.45, 7) is 1.34. The van der Waals surface area contributed by atoms with Gasteiger partial charge in [-0.25, -0.2) is 4.39 Å². The fourth-order valence-electron chi connectivity index (χ4n) is 2.52. The Morgan fingerprint density at radius 3 is 2.64 bits per heavy atom. The molecule has 1 amide bonds. The van der Waals surface area contributed by atoms with Gasteiger partial charge in [-0.15, -0.1) is 0 Å². The monoisotopic (exact) mass is 363 g/mol. The van der Waals surface area contributed by atoms with Gasteiger partial charge in [0.15, 0.2) is 0 Å². The van der Waals surface area contributed by atoms with Crippen LogP contribution in [0.2, 0.25) is 0 Å². The maximum absolute atomic E-state index is 13.8. The molecule has 114 valence electrons. The van der Waals surface area contributed by atoms with Gasteiger partial charge in [0.2, 0.25) is 0 Å². The molecule has 1 aliphatic heterocycles. The molecule has 0 bridgehead atoms. The van der Waals surface area contributed by atoms with Crippen LogP contribution in [-0.2, 0) is 4.74 Å². The zero-order valence-corrected chi connectivity index (χ0v) is 13.4. The number of ether oxygens (including phenoxy) is 1. The fourth-order valence-corrected chi connectivity index (χ4v) is 2.78. The largest absolute Gasteiger partial charge is 0.370 e. The van der Waals surface area contributed by atoms with E-state index in [2.05, 4.69) is 15.9 Å². The third kappa shape index (κ3) is 3.20. The SMILES string of the molecule is O=C(c1ccccc1F)N1CCOC(c2ccc(Br)cc2)C1. The van der Waals surface area contributed by atoms with Crippen LogP contribution in [0.25, 0.3) is 0 Å². The lowest BCUT2D eigenvalue weighted by atomic mass is 10.1. The topological polar surface area (TPSA) is 29.5 Å². The molecule has 1 atom stereocenters. The molecule has 3 nitrogen and oxygen atoms in total. The molecule has 0 aliphatic carbocycles. The standard InChI is InChI=1S/C17H15BrFNO2/c18-13-7-5-12(6-8-13)16-11-20(9-10-22-16)17(21)14-3-1-2-4-15(14)19/h1-8,16H,9-11H2. The van der Waals surface area contributed by atoms with Crippen LogP contribution in [0.3, 0.4) is 0 Å². The molecule has 0 aromatic heterocycles. The molecule has 1 heterocycles. The highest BCUT2D eigenvalue weighted by molar-refractivity contribution is 9.10. The van der Waals surface area contributed by atoms with Crippen molar-refractivity contribution in [2.75, 3.05) is 19.7 Å². The Hall–Kier alpha value is -1.72. The highest BCUT2D eigenvalue weighted by Gasteiger charge is 2.27. The Bertz CT molecular complexity index is 675. The number of carbonyl (C=O) groups is 1. The molecule has 22 heavy (non-hydrogen) atoms. The molecule has 5 heteroatoms. The predicted molar refractivity (Wildman–Crippen MR) is 85.1 cm³/mol. The van der Waals surface area contributed by atoms with Crippen molar-refractivity contribution in [3.05, 3.63) is 69.9 Å². The minimum absolute atomic E-state index is 0.110. The summed E-state index contributed by atoms with van der Waals surface area (Å²) in [7, 11) is 0. The van der Waals surface area contributed by atoms with Crippen molar-refractivity contribution in [1.82, 2.24) is 4.90 Å². The van der Waals surface area contributed by atoms with E-state index in [4.69, 9.17) is 4.74 Å². The van der Waals surface area contributed by atoms with E-state index in [0.29, 0.717) is 19.7 Å². The van der Waals surface area contributed by atoms with Gasteiger partial charge in [-0.2, -0.15) is 0 Å². The Kier molecular flexibility index (Phi) is 4.55. The average molecular weight is 364 g/mol. The van der Waals surface area contributed by atoms with E-state index < -0.39 is 5.82 Å². The van der Waals surface area contributed by atoms with Gasteiger partial charge >= 0.3 is 0 Å². The molecular formula is C17H15BrFNO2. The molecule has 1 fully saturated rings. The van der Waals surface area contributed by atoms with E-state index in [1.165, 1.54) is 12.1 Å². The third-order valence-corrected chi connectivity index (χ3v) is 4.23. The van der Waals surface area contributed by atoms with E-state index >= 15 is 0 Å². The van der Waals surface area contributed by atoms with Crippen LogP contribution in [0.15, 0.2) is 53.0 Å². The maximum atomic E-state index is 13.8. The molecule has 0 saturated carbocycles. The summed E-state index contributed by atoms with van der Waals surface area (Å²) in [6, 6.07) is 13.9. The molecular weight excluding hydrogens is 349 g/mol. The van der Waals surface area contributed by atoms with Gasteiger partial charge in [-0.1, -0.05) is 40.2 Å². The number of morpholine rings is 1. The Balaban J connectivity index is 1.77. The number of amides is 1. The Morgan fingerprint density at radius 1 is 1.18 bits per heavy atom. The number of hydrogen-bond donors (Lipinski definition) is 0. The normalized spacial score (nSPS) is 18.3. The van der Waals surface area contributed by atoms with E-state index in [9.17, 15) is 9.18 Å². The first kappa shape index (κ1) is 15.2. The van der Waals surface area contributed by atoms with Gasteiger partial charge in [0.05, 0.1) is 18.7 Å². The van der Waals surface area contributed by atoms with Crippen LogP contribution in [0.5, 0.6) is 0 Å². The zero-order chi connectivity index (χ0) is 15.5. The first-order chi connectivity index (χ1) is 10.6. The number of rotatable bonds is 2. The van der Waals surface area contributed by atoms with Crippen molar-refractivity contribution in [2.24, 2.45) is 0 Å². The van der Waals surface area contributed by atoms with Crippen molar-refractivity contribution in [2.45, 2.75) is 6.10 Å². The predicted octanol–water partition coefficient (Wildman–Crippen LogP) is 3.80. The quantitative estimate of drug-likeness (QED) is 0.811. The summed E-state index contributed by atoms with van der Waals surface area (Å²) in [6.07, 6.45) is -0.183. The van der Waals surface area contributed by atoms with Crippen molar-refractivity contribution in [3.63, 3.8) is 0 Å². The maximum Gasteiger partial charge on any atom is 0.257 e. The van der Waals surface area contributed by atoms with Crippen LogP contribution in [0, 0.1) is 5.82 Å². The Morgan fingerprint density at radius 2 is 1.91 bits per heavy atom. The van der Waals surface area contributed by atoms with Crippen LogP contribution < -0.4 is 0 Å². The number of halogens is 2. The number of benzene rings is 2. The van der Waals surface area contributed by atoms with Crippen LogP contribution in [0.1, 0.15) is 22.0 Å². The molecule has 2 aromatic carbocycles. The van der Waals surface area contributed by atoms with Crippen molar-refractivity contribution in [3.8, 4) is 0 Å². The number of nitrogens with zero attached hydrogens (tertiary/aromatic N) is 1. The second kappa shape index (κ2) is 6.58. The zero-order valence-electron chi connectivity index (χ0n) is 11.8. The van der Waals surface area contributed by atoms with E-state index in [-0.39, 0.29) is 17.6 Å². The van der Waals surface area contributed by atoms with Gasteiger partial charge < -0.3 is 9.64 Å². The van der Waals surface area contributed by atoms with Crippen LogP contribution >= 0.6 is 15.9 Å². The molecule has 0 N–H and O–H groups in total. The molecule has 3 rings (SSSR count). The van der Waals surface area contributed by atoms with Gasteiger partial charge in [0, 0.05) is 11.0 Å². The van der Waals surface area contributed by atoms with Crippen molar-refractivity contribution >= 4 is 21.8 Å². The number of hydrogen-bond acceptors (Lipinski definition) is 2. The molecule has 2 aromatic rings. The van der Waals surface area contributed by atoms with E-state index in [1.54, 1.807) is 17.0 Å². The first-order valence-electron chi connectivity index (χ1n) is 7.06. The highest BCUT2D eigenvalue weighted by Crippen LogP contribution is 2.25. The third-order valence-electron chi connectivity index (χ3n) is 3.70. The lowest BCUT2D eigenvalue weighted by Crippen LogP contribution is -2.42. The van der Waals surface area contributed by atoms with E-state index in [0.717, 1.165) is 10.0 Å². The van der Waals surface area contributed by atoms with Crippen LogP contribution in [0.4, 0.5) is 4.39 Å². The minimum Gasteiger partial charge on any atom is -0.370 e. The Labute approximate surface area is 136 Å². The summed E-state index contributed by atoms with van der Waals surface area (Å²) in [5, 5.41) is 0. The second-order valence-electron chi connectivity index (χ2n) is 5.14. The summed E-state index contributed by atoms with van der Waals surface area (Å²) in [5.41, 5.74) is 1.12. The number of carbonyl (C=O) groups excluding carboxylic acids is 1. The molecule has 0 radical (unpaired) electrons. The summed E-state index contributed by atoms with van der Waals surface area (Å²) in [5.74, 6) is -0.775. The lowest BCUT2D eigenvalue weighted by molar-refractivity contribution is -0.0229. The van der Waals surface area contributed by atoms with Gasteiger partial charge in [-0.05, 0) is 29.8 Å². The smallest absolute Gasteiger partial charge is 0.257 e. The van der Waals surface area contributed by atoms with Gasteiger partial charge in [0.25, 0.3) is 5.91 Å². The van der Waals surface area contributed by atoms with Gasteiger partial charge in [0.1, 0.15) is 11.9 Å². The molecule has 1 saturated heterocycles. The van der Waals surface area contributed by atoms with E-state index in [1.807, 2.05) is 24.3 Å². The lowest BCUT2D eigenvalue weighted by Gasteiger charge is -2.33. The summed E-state index contributed by atoms with van der Waals surface area (Å²) < 4.78 is 20.5. The molecule has 0 spiro atoms. The van der Waals surface area contributed by atoms with Crippen molar-refractivity contribution in [1.29, 1.82) is 0 Å². The summed E-state index contributed by atoms with van der Waals surface area (Å²) in [4.78, 5) is 14.1. The fraction of sp³-hybridized carbons (Fsp3) is 0.235.